The van der Waals surface area contributed by atoms with E-state index in [-0.39, 0.29) is 11.4 Å². The molecule has 0 bridgehead atoms. The van der Waals surface area contributed by atoms with E-state index in [1.54, 1.807) is 24.3 Å². The zero-order valence-electron chi connectivity index (χ0n) is 13.0. The van der Waals surface area contributed by atoms with Crippen molar-refractivity contribution in [2.75, 3.05) is 12.3 Å². The van der Waals surface area contributed by atoms with Crippen LogP contribution in [0.15, 0.2) is 58.3 Å². The van der Waals surface area contributed by atoms with Gasteiger partial charge in [-0.25, -0.2) is 13.1 Å². The molecule has 0 aliphatic rings. The highest BCUT2D eigenvalue weighted by Gasteiger charge is 2.13. The lowest BCUT2D eigenvalue weighted by atomic mass is 10.2. The van der Waals surface area contributed by atoms with Gasteiger partial charge in [-0.2, -0.15) is 0 Å². The monoisotopic (exact) mass is 401 g/mol. The molecular formula is C16H16ClNO5S2. The van der Waals surface area contributed by atoms with E-state index < -0.39 is 32.5 Å². The third-order valence-electron chi connectivity index (χ3n) is 3.27. The van der Waals surface area contributed by atoms with Crippen LogP contribution >= 0.6 is 11.6 Å². The van der Waals surface area contributed by atoms with Gasteiger partial charge in [0.2, 0.25) is 10.0 Å². The van der Waals surface area contributed by atoms with E-state index in [0.717, 1.165) is 5.56 Å². The van der Waals surface area contributed by atoms with Crippen LogP contribution < -0.4 is 4.72 Å². The summed E-state index contributed by atoms with van der Waals surface area (Å²) in [6.45, 7) is 0.197. The van der Waals surface area contributed by atoms with Crippen LogP contribution in [0, 0.1) is 0 Å². The van der Waals surface area contributed by atoms with Gasteiger partial charge >= 0.3 is 5.97 Å². The number of carboxylic acid groups (broad SMARTS) is 1. The number of hydrogen-bond donors (Lipinski definition) is 2. The summed E-state index contributed by atoms with van der Waals surface area (Å²) in [6.07, 6.45) is 0.443. The average molecular weight is 402 g/mol. The SMILES string of the molecule is O=C(O)CS(=O)c1ccc(CCNS(=O)(=O)c2ccc(Cl)cc2)cc1. The zero-order valence-corrected chi connectivity index (χ0v) is 15.4. The minimum Gasteiger partial charge on any atom is -0.481 e. The van der Waals surface area contributed by atoms with Crippen molar-refractivity contribution < 1.29 is 22.5 Å². The first kappa shape index (κ1) is 19.6. The van der Waals surface area contributed by atoms with Crippen LogP contribution in [-0.4, -0.2) is 36.0 Å². The Hall–Kier alpha value is -1.74. The van der Waals surface area contributed by atoms with Gasteiger partial charge in [-0.3, -0.25) is 9.00 Å². The standard InChI is InChI=1S/C16H16ClNO5S2/c17-13-3-7-15(8-4-13)25(22,23)18-10-9-12-1-5-14(6-2-12)24(21)11-16(19)20/h1-8,18H,9-11H2,(H,19,20). The Balaban J connectivity index is 1.92. The van der Waals surface area contributed by atoms with Crippen LogP contribution in [0.2, 0.25) is 5.02 Å². The van der Waals surface area contributed by atoms with Crippen molar-refractivity contribution in [3.05, 3.63) is 59.1 Å². The summed E-state index contributed by atoms with van der Waals surface area (Å²) in [7, 11) is -5.20. The molecule has 1 atom stereocenters. The van der Waals surface area contributed by atoms with Gasteiger partial charge in [0.1, 0.15) is 5.75 Å². The van der Waals surface area contributed by atoms with E-state index in [1.165, 1.54) is 24.3 Å². The van der Waals surface area contributed by atoms with E-state index >= 15 is 0 Å². The van der Waals surface area contributed by atoms with E-state index in [4.69, 9.17) is 16.7 Å². The molecule has 0 spiro atoms. The number of carbonyl (C=O) groups is 1. The van der Waals surface area contributed by atoms with Gasteiger partial charge in [-0.1, -0.05) is 23.7 Å². The highest BCUT2D eigenvalue weighted by Crippen LogP contribution is 2.14. The summed E-state index contributed by atoms with van der Waals surface area (Å²) < 4.78 is 38.5. The molecule has 2 N–H and O–H groups in total. The largest absolute Gasteiger partial charge is 0.481 e. The van der Waals surface area contributed by atoms with Crippen molar-refractivity contribution in [2.45, 2.75) is 16.2 Å². The predicted molar refractivity (Wildman–Crippen MR) is 95.7 cm³/mol. The molecule has 0 saturated carbocycles. The molecule has 2 aromatic carbocycles. The van der Waals surface area contributed by atoms with Crippen molar-refractivity contribution in [3.8, 4) is 0 Å². The van der Waals surface area contributed by atoms with Crippen molar-refractivity contribution in [2.24, 2.45) is 0 Å². The maximum absolute atomic E-state index is 12.1. The molecule has 0 fully saturated rings. The van der Waals surface area contributed by atoms with Crippen molar-refractivity contribution in [1.82, 2.24) is 4.72 Å². The summed E-state index contributed by atoms with van der Waals surface area (Å²) in [6, 6.07) is 12.4. The molecule has 2 aromatic rings. The molecule has 134 valence electrons. The number of sulfonamides is 1. The Bertz CT molecular complexity index is 864. The lowest BCUT2D eigenvalue weighted by Crippen LogP contribution is -2.25. The van der Waals surface area contributed by atoms with Gasteiger partial charge in [0.15, 0.2) is 0 Å². The Kier molecular flexibility index (Phi) is 6.71. The van der Waals surface area contributed by atoms with E-state index in [2.05, 4.69) is 4.72 Å². The summed E-state index contributed by atoms with van der Waals surface area (Å²) in [5.74, 6) is -1.57. The number of halogens is 1. The second kappa shape index (κ2) is 8.57. The molecule has 6 nitrogen and oxygen atoms in total. The normalized spacial score (nSPS) is 12.7. The maximum Gasteiger partial charge on any atom is 0.316 e. The molecule has 0 radical (unpaired) electrons. The van der Waals surface area contributed by atoms with Crippen LogP contribution in [0.4, 0.5) is 0 Å². The second-order valence-corrected chi connectivity index (χ2v) is 8.78. The molecule has 1 unspecified atom stereocenters. The Labute approximate surface area is 153 Å². The minimum absolute atomic E-state index is 0.135. The molecular weight excluding hydrogens is 386 g/mol. The molecule has 0 amide bonds. The molecule has 9 heteroatoms. The van der Waals surface area contributed by atoms with Crippen LogP contribution in [0.5, 0.6) is 0 Å². The topological polar surface area (TPSA) is 101 Å². The van der Waals surface area contributed by atoms with Gasteiger partial charge in [0, 0.05) is 16.5 Å². The molecule has 25 heavy (non-hydrogen) atoms. The van der Waals surface area contributed by atoms with E-state index in [0.29, 0.717) is 16.3 Å². The first-order valence-corrected chi connectivity index (χ1v) is 10.4. The average Bonchev–Trinajstić information content (AvgIpc) is 2.55. The van der Waals surface area contributed by atoms with Gasteiger partial charge in [0.25, 0.3) is 0 Å². The minimum atomic E-state index is -3.60. The Morgan fingerprint density at radius 2 is 1.68 bits per heavy atom. The van der Waals surface area contributed by atoms with Crippen molar-refractivity contribution >= 4 is 38.4 Å². The van der Waals surface area contributed by atoms with E-state index in [1.807, 2.05) is 0 Å². The lowest BCUT2D eigenvalue weighted by Gasteiger charge is -2.07. The summed E-state index contributed by atoms with van der Waals surface area (Å²) in [5, 5.41) is 9.09. The molecule has 0 aliphatic carbocycles. The smallest absolute Gasteiger partial charge is 0.316 e. The molecule has 0 saturated heterocycles. The second-order valence-electron chi connectivity index (χ2n) is 5.13. The predicted octanol–water partition coefficient (Wildman–Crippen LogP) is 2.05. The fourth-order valence-corrected chi connectivity index (χ4v) is 4.02. The third-order valence-corrected chi connectivity index (χ3v) is 6.31. The number of carboxylic acids is 1. The molecule has 0 heterocycles. The number of benzene rings is 2. The molecule has 0 aromatic heterocycles. The lowest BCUT2D eigenvalue weighted by molar-refractivity contribution is -0.133. The van der Waals surface area contributed by atoms with Crippen LogP contribution in [0.3, 0.4) is 0 Å². The van der Waals surface area contributed by atoms with Crippen molar-refractivity contribution in [3.63, 3.8) is 0 Å². The highest BCUT2D eigenvalue weighted by atomic mass is 35.5. The van der Waals surface area contributed by atoms with E-state index in [9.17, 15) is 17.4 Å². The number of nitrogens with one attached hydrogen (secondary N) is 1. The van der Waals surface area contributed by atoms with Gasteiger partial charge in [0.05, 0.1) is 15.7 Å². The number of aliphatic carboxylic acids is 1. The Morgan fingerprint density at radius 1 is 1.08 bits per heavy atom. The quantitative estimate of drug-likeness (QED) is 0.705. The molecule has 2 rings (SSSR count). The van der Waals surface area contributed by atoms with Gasteiger partial charge in [-0.05, 0) is 48.4 Å². The third kappa shape index (κ3) is 5.93. The first-order chi connectivity index (χ1) is 11.8. The highest BCUT2D eigenvalue weighted by molar-refractivity contribution is 7.89. The van der Waals surface area contributed by atoms with Crippen LogP contribution in [-0.2, 0) is 32.0 Å². The zero-order chi connectivity index (χ0) is 18.4. The van der Waals surface area contributed by atoms with Gasteiger partial charge < -0.3 is 5.11 Å². The summed E-state index contributed by atoms with van der Waals surface area (Å²) >= 11 is 5.74. The number of rotatable bonds is 8. The fraction of sp³-hybridized carbons (Fsp3) is 0.188. The summed E-state index contributed by atoms with van der Waals surface area (Å²) in [4.78, 5) is 11.1. The molecule has 0 aliphatic heterocycles. The Morgan fingerprint density at radius 3 is 2.24 bits per heavy atom. The van der Waals surface area contributed by atoms with Crippen molar-refractivity contribution in [1.29, 1.82) is 0 Å². The summed E-state index contributed by atoms with van der Waals surface area (Å²) in [5.41, 5.74) is 0.842. The van der Waals surface area contributed by atoms with Gasteiger partial charge in [-0.15, -0.1) is 0 Å². The number of hydrogen-bond acceptors (Lipinski definition) is 4. The maximum atomic E-state index is 12.1. The van der Waals surface area contributed by atoms with Crippen LogP contribution in [0.1, 0.15) is 5.56 Å². The first-order valence-electron chi connectivity index (χ1n) is 7.22. The fourth-order valence-electron chi connectivity index (χ4n) is 2.03. The van der Waals surface area contributed by atoms with Crippen LogP contribution in [0.25, 0.3) is 0 Å².